The Balaban J connectivity index is 1.92. The number of carboxylic acid groups (broad SMARTS) is 1. The summed E-state index contributed by atoms with van der Waals surface area (Å²) in [5.41, 5.74) is 2.57. The highest BCUT2D eigenvalue weighted by Gasteiger charge is 2.57. The fourth-order valence-electron chi connectivity index (χ4n) is 5.09. The number of ether oxygens (including phenoxy) is 2. The predicted molar refractivity (Wildman–Crippen MR) is 149 cm³/mol. The van der Waals surface area contributed by atoms with Crippen molar-refractivity contribution in [1.82, 2.24) is 4.31 Å². The van der Waals surface area contributed by atoms with Crippen LogP contribution < -0.4 is 9.47 Å². The highest BCUT2D eigenvalue weighted by Crippen LogP contribution is 2.52. The molecule has 0 saturated carbocycles. The zero-order valence-electron chi connectivity index (χ0n) is 22.1. The smallest absolute Gasteiger partial charge is 0.309 e. The lowest BCUT2D eigenvalue weighted by molar-refractivity contribution is -0.142. The van der Waals surface area contributed by atoms with Gasteiger partial charge in [0.1, 0.15) is 0 Å². The van der Waals surface area contributed by atoms with Crippen LogP contribution in [0, 0.1) is 19.8 Å². The molecule has 1 fully saturated rings. The van der Waals surface area contributed by atoms with Crippen molar-refractivity contribution in [2.24, 2.45) is 5.92 Å². The van der Waals surface area contributed by atoms with Crippen LogP contribution in [-0.4, -0.2) is 49.3 Å². The molecule has 4 atom stereocenters. The summed E-state index contributed by atoms with van der Waals surface area (Å²) in [5, 5.41) is 10.0. The van der Waals surface area contributed by atoms with Crippen LogP contribution in [0.2, 0.25) is 0 Å². The van der Waals surface area contributed by atoms with Gasteiger partial charge in [0.25, 0.3) is 0 Å². The number of aliphatic carboxylic acids is 1. The second-order valence-electron chi connectivity index (χ2n) is 9.44. The molecule has 1 aliphatic heterocycles. The maximum Gasteiger partial charge on any atom is 0.309 e. The molecule has 0 unspecified atom stereocenters. The van der Waals surface area contributed by atoms with Crippen LogP contribution in [0.5, 0.6) is 11.5 Å². The summed E-state index contributed by atoms with van der Waals surface area (Å²) in [4.78, 5) is 14.0. The third kappa shape index (κ3) is 5.28. The summed E-state index contributed by atoms with van der Waals surface area (Å²) < 4.78 is 40.8. The van der Waals surface area contributed by atoms with Gasteiger partial charge in [-0.25, -0.2) is 8.42 Å². The monoisotopic (exact) mass is 555 g/mol. The number of aryl methyl sites for hydroxylation is 2. The second-order valence-corrected chi connectivity index (χ2v) is 12.5. The number of hydrogen-bond donors (Lipinski definition) is 1. The molecule has 3 aromatic carbocycles. The first-order valence-electron chi connectivity index (χ1n) is 12.4. The van der Waals surface area contributed by atoms with E-state index >= 15 is 0 Å². The molecular formula is C29H33NO6S2. The summed E-state index contributed by atoms with van der Waals surface area (Å²) in [6, 6.07) is 18.1. The van der Waals surface area contributed by atoms with E-state index in [4.69, 9.17) is 9.47 Å². The Kier molecular flexibility index (Phi) is 8.40. The Bertz CT molecular complexity index is 1390. The van der Waals surface area contributed by atoms with Crippen LogP contribution in [0.1, 0.15) is 36.1 Å². The average molecular weight is 556 g/mol. The van der Waals surface area contributed by atoms with E-state index in [0.29, 0.717) is 23.5 Å². The molecule has 1 saturated heterocycles. The largest absolute Gasteiger partial charge is 0.493 e. The van der Waals surface area contributed by atoms with Crippen LogP contribution in [0.3, 0.4) is 0 Å². The van der Waals surface area contributed by atoms with Gasteiger partial charge in [-0.3, -0.25) is 4.79 Å². The summed E-state index contributed by atoms with van der Waals surface area (Å²) in [7, 11) is -1.05. The molecule has 9 heteroatoms. The Morgan fingerprint density at radius 1 is 0.921 bits per heavy atom. The molecule has 1 heterocycles. The number of benzene rings is 3. The molecule has 38 heavy (non-hydrogen) atoms. The highest BCUT2D eigenvalue weighted by molar-refractivity contribution is 8.00. The Labute approximate surface area is 228 Å². The van der Waals surface area contributed by atoms with Crippen molar-refractivity contribution in [2.75, 3.05) is 14.2 Å². The van der Waals surface area contributed by atoms with Crippen molar-refractivity contribution in [3.8, 4) is 11.5 Å². The molecule has 4 rings (SSSR count). The lowest BCUT2D eigenvalue weighted by Crippen LogP contribution is -2.39. The Hall–Kier alpha value is -3.01. The molecule has 7 nitrogen and oxygen atoms in total. The number of hydrogen-bond acceptors (Lipinski definition) is 6. The van der Waals surface area contributed by atoms with Crippen LogP contribution in [-0.2, 0) is 14.8 Å². The summed E-state index contributed by atoms with van der Waals surface area (Å²) in [5.74, 6) is -1.17. The van der Waals surface area contributed by atoms with Crippen molar-refractivity contribution in [3.63, 3.8) is 0 Å². The van der Waals surface area contributed by atoms with Crippen molar-refractivity contribution >= 4 is 27.8 Å². The topological polar surface area (TPSA) is 93.1 Å². The second kappa shape index (κ2) is 11.4. The zero-order valence-corrected chi connectivity index (χ0v) is 23.8. The summed E-state index contributed by atoms with van der Waals surface area (Å²) in [6.45, 7) is 5.78. The quantitative estimate of drug-likeness (QED) is 0.362. The number of methoxy groups -OCH3 is 2. The molecule has 202 valence electrons. The van der Waals surface area contributed by atoms with Gasteiger partial charge < -0.3 is 14.6 Å². The van der Waals surface area contributed by atoms with Crippen molar-refractivity contribution in [3.05, 3.63) is 83.4 Å². The van der Waals surface area contributed by atoms with Crippen molar-refractivity contribution < 1.29 is 27.8 Å². The van der Waals surface area contributed by atoms with E-state index in [1.807, 2.05) is 45.0 Å². The van der Waals surface area contributed by atoms with E-state index in [1.165, 1.54) is 30.3 Å². The third-order valence-electron chi connectivity index (χ3n) is 7.02. The Morgan fingerprint density at radius 3 is 2.03 bits per heavy atom. The lowest BCUT2D eigenvalue weighted by atomic mass is 9.92. The Morgan fingerprint density at radius 2 is 1.50 bits per heavy atom. The number of sulfonamides is 1. The minimum atomic E-state index is -4.06. The standard InChI is InChI=1S/C29H33NO6S2/c1-6-23-28(37-21-12-7-18(2)8-13-21)26(29(31)32)27(20-11-16-24(35-4)25(17-20)36-5)30(23)38(33,34)22-14-9-19(3)10-15-22/h7-17,23,26-28H,6H2,1-5H3,(H,31,32)/t23-,26+,27+,28-/m1/s1. The van der Waals surface area contributed by atoms with Gasteiger partial charge in [-0.2, -0.15) is 4.31 Å². The van der Waals surface area contributed by atoms with Crippen molar-refractivity contribution in [2.45, 2.75) is 54.3 Å². The van der Waals surface area contributed by atoms with E-state index < -0.39 is 39.2 Å². The normalized spacial score (nSPS) is 21.8. The van der Waals surface area contributed by atoms with Gasteiger partial charge in [0.05, 0.1) is 31.1 Å². The van der Waals surface area contributed by atoms with E-state index in [-0.39, 0.29) is 4.90 Å². The van der Waals surface area contributed by atoms with Crippen LogP contribution in [0.4, 0.5) is 0 Å². The van der Waals surface area contributed by atoms with E-state index in [2.05, 4.69) is 0 Å². The predicted octanol–water partition coefficient (Wildman–Crippen LogP) is 5.71. The molecular weight excluding hydrogens is 522 g/mol. The van der Waals surface area contributed by atoms with E-state index in [1.54, 1.807) is 42.5 Å². The molecule has 3 aromatic rings. The average Bonchev–Trinajstić information content (AvgIpc) is 3.24. The van der Waals surface area contributed by atoms with Gasteiger partial charge in [-0.05, 0) is 62.2 Å². The van der Waals surface area contributed by atoms with Gasteiger partial charge in [0.15, 0.2) is 11.5 Å². The van der Waals surface area contributed by atoms with E-state index in [9.17, 15) is 18.3 Å². The first-order chi connectivity index (χ1) is 18.1. The zero-order chi connectivity index (χ0) is 27.6. The van der Waals surface area contributed by atoms with E-state index in [0.717, 1.165) is 16.0 Å². The minimum Gasteiger partial charge on any atom is -0.493 e. The van der Waals surface area contributed by atoms with Gasteiger partial charge in [0, 0.05) is 16.2 Å². The fraction of sp³-hybridized carbons (Fsp3) is 0.345. The van der Waals surface area contributed by atoms with Gasteiger partial charge >= 0.3 is 5.97 Å². The number of thioether (sulfide) groups is 1. The number of carboxylic acids is 1. The number of nitrogens with zero attached hydrogens (tertiary/aromatic N) is 1. The van der Waals surface area contributed by atoms with Crippen LogP contribution >= 0.6 is 11.8 Å². The van der Waals surface area contributed by atoms with Crippen molar-refractivity contribution in [1.29, 1.82) is 0 Å². The molecule has 0 aliphatic carbocycles. The first kappa shape index (κ1) is 28.0. The maximum atomic E-state index is 14.3. The fourth-order valence-corrected chi connectivity index (χ4v) is 8.58. The number of rotatable bonds is 9. The van der Waals surface area contributed by atoms with Crippen LogP contribution in [0.15, 0.2) is 76.5 Å². The molecule has 1 aliphatic rings. The highest BCUT2D eigenvalue weighted by atomic mass is 32.2. The molecule has 0 amide bonds. The summed E-state index contributed by atoms with van der Waals surface area (Å²) >= 11 is 1.42. The molecule has 0 radical (unpaired) electrons. The van der Waals surface area contributed by atoms with Gasteiger partial charge in [-0.15, -0.1) is 11.8 Å². The van der Waals surface area contributed by atoms with Gasteiger partial charge in [0.2, 0.25) is 10.0 Å². The SMILES string of the molecule is CC[C@@H]1[C@@H](Sc2ccc(C)cc2)[C@@H](C(=O)O)[C@H](c2ccc(OC)c(OC)c2)N1S(=O)(=O)c1ccc(C)cc1. The molecule has 0 aromatic heterocycles. The minimum absolute atomic E-state index is 0.136. The lowest BCUT2D eigenvalue weighted by Gasteiger charge is -2.30. The maximum absolute atomic E-state index is 14.3. The summed E-state index contributed by atoms with van der Waals surface area (Å²) in [6.07, 6.45) is 0.447. The first-order valence-corrected chi connectivity index (χ1v) is 14.7. The third-order valence-corrected chi connectivity index (χ3v) is 10.4. The number of carbonyl (C=O) groups is 1. The van der Waals surface area contributed by atoms with Gasteiger partial charge in [-0.1, -0.05) is 48.4 Å². The molecule has 1 N–H and O–H groups in total. The van der Waals surface area contributed by atoms with Crippen LogP contribution in [0.25, 0.3) is 0 Å². The molecule has 0 spiro atoms. The molecule has 0 bridgehead atoms.